The first-order chi connectivity index (χ1) is 5.79. The third-order valence-electron chi connectivity index (χ3n) is 1.91. The summed E-state index contributed by atoms with van der Waals surface area (Å²) in [7, 11) is 0. The Balaban J connectivity index is 3.27. The van der Waals surface area contributed by atoms with E-state index < -0.39 is 0 Å². The summed E-state index contributed by atoms with van der Waals surface area (Å²) in [6, 6.07) is 6.27. The molecule has 0 aliphatic carbocycles. The molecule has 0 aromatic heterocycles. The summed E-state index contributed by atoms with van der Waals surface area (Å²) in [5, 5.41) is 0. The Kier molecular flexibility index (Phi) is 2.87. The fourth-order valence-electron chi connectivity index (χ4n) is 1.31. The van der Waals surface area contributed by atoms with Crippen LogP contribution in [0.3, 0.4) is 0 Å². The Morgan fingerprint density at radius 2 is 2.08 bits per heavy atom. The molecule has 0 aliphatic heterocycles. The minimum Gasteiger partial charge on any atom is -0.0984 e. The van der Waals surface area contributed by atoms with Gasteiger partial charge in [-0.2, -0.15) is 0 Å². The predicted molar refractivity (Wildman–Crippen MR) is 56.0 cm³/mol. The predicted octanol–water partition coefficient (Wildman–Crippen LogP) is 3.67. The molecule has 0 saturated carbocycles. The molecule has 0 bridgehead atoms. The molecule has 1 rings (SSSR count). The van der Waals surface area contributed by atoms with Crippen LogP contribution in [0.15, 0.2) is 30.9 Å². The summed E-state index contributed by atoms with van der Waals surface area (Å²) in [4.78, 5) is 0. The van der Waals surface area contributed by atoms with Gasteiger partial charge >= 0.3 is 0 Å². The van der Waals surface area contributed by atoms with E-state index in [1.165, 1.54) is 16.7 Å². The normalized spacial score (nSPS) is 10.5. The standard InChI is InChI=1S/C12H14/c1-4-7-11-9-6-8-10(3)12(11)5-2/h4-9H,2H2,1,3H3. The summed E-state index contributed by atoms with van der Waals surface area (Å²) in [5.41, 5.74) is 3.75. The maximum Gasteiger partial charge on any atom is -0.0161 e. The van der Waals surface area contributed by atoms with Gasteiger partial charge in [0.25, 0.3) is 0 Å². The van der Waals surface area contributed by atoms with Crippen LogP contribution in [0.1, 0.15) is 23.6 Å². The topological polar surface area (TPSA) is 0 Å². The summed E-state index contributed by atoms with van der Waals surface area (Å²) in [6.07, 6.45) is 6.05. The van der Waals surface area contributed by atoms with Gasteiger partial charge in [0, 0.05) is 0 Å². The van der Waals surface area contributed by atoms with Gasteiger partial charge < -0.3 is 0 Å². The Bertz CT molecular complexity index is 306. The van der Waals surface area contributed by atoms with Gasteiger partial charge in [0.1, 0.15) is 0 Å². The van der Waals surface area contributed by atoms with E-state index in [4.69, 9.17) is 0 Å². The highest BCUT2D eigenvalue weighted by atomic mass is 14.0. The van der Waals surface area contributed by atoms with E-state index in [2.05, 4.69) is 37.8 Å². The molecule has 12 heavy (non-hydrogen) atoms. The van der Waals surface area contributed by atoms with E-state index >= 15 is 0 Å². The maximum absolute atomic E-state index is 3.80. The lowest BCUT2D eigenvalue weighted by molar-refractivity contribution is 1.43. The molecular weight excluding hydrogens is 144 g/mol. The largest absolute Gasteiger partial charge is 0.0984 e. The Hall–Kier alpha value is -1.30. The molecule has 0 fully saturated rings. The maximum atomic E-state index is 3.80. The van der Waals surface area contributed by atoms with Gasteiger partial charge in [-0.15, -0.1) is 0 Å². The molecule has 0 N–H and O–H groups in total. The summed E-state index contributed by atoms with van der Waals surface area (Å²) in [6.45, 7) is 7.93. The van der Waals surface area contributed by atoms with E-state index in [1.54, 1.807) is 0 Å². The van der Waals surface area contributed by atoms with Gasteiger partial charge in [0.2, 0.25) is 0 Å². The minimum absolute atomic E-state index is 1.23. The molecular formula is C12H14. The van der Waals surface area contributed by atoms with Gasteiger partial charge in [0.15, 0.2) is 0 Å². The lowest BCUT2D eigenvalue weighted by Gasteiger charge is -2.03. The summed E-state index contributed by atoms with van der Waals surface area (Å²) in [5.74, 6) is 0. The molecule has 0 aliphatic rings. The molecule has 1 aromatic rings. The molecule has 0 nitrogen and oxygen atoms in total. The number of rotatable bonds is 2. The smallest absolute Gasteiger partial charge is 0.0161 e. The van der Waals surface area contributed by atoms with Crippen molar-refractivity contribution in [2.24, 2.45) is 0 Å². The molecule has 0 spiro atoms. The van der Waals surface area contributed by atoms with E-state index in [1.807, 2.05) is 19.1 Å². The second-order valence-corrected chi connectivity index (χ2v) is 2.78. The number of hydrogen-bond donors (Lipinski definition) is 0. The summed E-state index contributed by atoms with van der Waals surface area (Å²) < 4.78 is 0. The second-order valence-electron chi connectivity index (χ2n) is 2.78. The molecule has 0 heterocycles. The highest BCUT2D eigenvalue weighted by molar-refractivity contribution is 5.66. The number of allylic oxidation sites excluding steroid dienone is 1. The van der Waals surface area contributed by atoms with Crippen LogP contribution in [0.4, 0.5) is 0 Å². The second kappa shape index (κ2) is 3.91. The first-order valence-electron chi connectivity index (χ1n) is 4.14. The lowest BCUT2D eigenvalue weighted by atomic mass is 10.0. The van der Waals surface area contributed by atoms with Crippen molar-refractivity contribution >= 4 is 12.2 Å². The monoisotopic (exact) mass is 158 g/mol. The van der Waals surface area contributed by atoms with Crippen LogP contribution < -0.4 is 0 Å². The van der Waals surface area contributed by atoms with Crippen LogP contribution >= 0.6 is 0 Å². The van der Waals surface area contributed by atoms with Gasteiger partial charge in [-0.1, -0.05) is 43.0 Å². The molecule has 0 heteroatoms. The summed E-state index contributed by atoms with van der Waals surface area (Å²) >= 11 is 0. The van der Waals surface area contributed by atoms with Crippen molar-refractivity contribution in [1.29, 1.82) is 0 Å². The molecule has 0 unspecified atom stereocenters. The molecule has 0 amide bonds. The first kappa shape index (κ1) is 8.79. The van der Waals surface area contributed by atoms with Crippen LogP contribution in [0.2, 0.25) is 0 Å². The van der Waals surface area contributed by atoms with Crippen LogP contribution in [0.25, 0.3) is 12.2 Å². The van der Waals surface area contributed by atoms with Crippen LogP contribution in [-0.2, 0) is 0 Å². The average molecular weight is 158 g/mol. The zero-order valence-corrected chi connectivity index (χ0v) is 7.67. The van der Waals surface area contributed by atoms with Crippen molar-refractivity contribution in [3.05, 3.63) is 47.5 Å². The van der Waals surface area contributed by atoms with E-state index in [-0.39, 0.29) is 0 Å². The average Bonchev–Trinajstić information content (AvgIpc) is 2.05. The Labute approximate surface area is 74.2 Å². The fraction of sp³-hybridized carbons (Fsp3) is 0.167. The third-order valence-corrected chi connectivity index (χ3v) is 1.91. The molecule has 62 valence electrons. The zero-order valence-electron chi connectivity index (χ0n) is 7.67. The van der Waals surface area contributed by atoms with Crippen molar-refractivity contribution in [3.8, 4) is 0 Å². The molecule has 1 aromatic carbocycles. The van der Waals surface area contributed by atoms with Crippen molar-refractivity contribution in [1.82, 2.24) is 0 Å². The highest BCUT2D eigenvalue weighted by Crippen LogP contribution is 2.16. The van der Waals surface area contributed by atoms with E-state index in [0.717, 1.165) is 0 Å². The van der Waals surface area contributed by atoms with Crippen LogP contribution in [-0.4, -0.2) is 0 Å². The van der Waals surface area contributed by atoms with Gasteiger partial charge in [-0.3, -0.25) is 0 Å². The van der Waals surface area contributed by atoms with Gasteiger partial charge in [-0.05, 0) is 30.5 Å². The molecule has 0 atom stereocenters. The number of hydrogen-bond acceptors (Lipinski definition) is 0. The SMILES string of the molecule is C=Cc1c(C)cccc1C=CC. The third kappa shape index (κ3) is 1.65. The van der Waals surface area contributed by atoms with Gasteiger partial charge in [-0.25, -0.2) is 0 Å². The number of aryl methyl sites for hydroxylation is 1. The van der Waals surface area contributed by atoms with E-state index in [9.17, 15) is 0 Å². The van der Waals surface area contributed by atoms with Crippen LogP contribution in [0.5, 0.6) is 0 Å². The number of benzene rings is 1. The van der Waals surface area contributed by atoms with Crippen molar-refractivity contribution in [3.63, 3.8) is 0 Å². The van der Waals surface area contributed by atoms with Gasteiger partial charge in [0.05, 0.1) is 0 Å². The van der Waals surface area contributed by atoms with Crippen molar-refractivity contribution in [2.75, 3.05) is 0 Å². The van der Waals surface area contributed by atoms with Crippen molar-refractivity contribution in [2.45, 2.75) is 13.8 Å². The lowest BCUT2D eigenvalue weighted by Crippen LogP contribution is -1.84. The van der Waals surface area contributed by atoms with Crippen LogP contribution in [0, 0.1) is 6.92 Å². The Morgan fingerprint density at radius 1 is 1.33 bits per heavy atom. The fourth-order valence-corrected chi connectivity index (χ4v) is 1.31. The Morgan fingerprint density at radius 3 is 2.67 bits per heavy atom. The van der Waals surface area contributed by atoms with E-state index in [0.29, 0.717) is 0 Å². The molecule has 0 saturated heterocycles. The first-order valence-corrected chi connectivity index (χ1v) is 4.14. The highest BCUT2D eigenvalue weighted by Gasteiger charge is 1.96. The zero-order chi connectivity index (χ0) is 8.97. The van der Waals surface area contributed by atoms with Crippen molar-refractivity contribution < 1.29 is 0 Å². The minimum atomic E-state index is 1.23. The molecule has 0 radical (unpaired) electrons. The quantitative estimate of drug-likeness (QED) is 0.616.